The van der Waals surface area contributed by atoms with E-state index in [2.05, 4.69) is 15.2 Å². The average Bonchev–Trinajstić information content (AvgIpc) is 2.29. The molecule has 0 saturated carbocycles. The van der Waals surface area contributed by atoms with Crippen LogP contribution in [0.5, 0.6) is 0 Å². The Morgan fingerprint density at radius 3 is 3.00 bits per heavy atom. The van der Waals surface area contributed by atoms with Crippen molar-refractivity contribution in [3.63, 3.8) is 0 Å². The van der Waals surface area contributed by atoms with Gasteiger partial charge >= 0.3 is 6.03 Å². The minimum atomic E-state index is -0.109. The van der Waals surface area contributed by atoms with Crippen molar-refractivity contribution in [1.29, 1.82) is 0 Å². The van der Waals surface area contributed by atoms with Crippen molar-refractivity contribution in [2.75, 3.05) is 33.3 Å². The molecule has 2 heterocycles. The predicted octanol–water partition coefficient (Wildman–Crippen LogP) is 0.427. The first-order valence-electron chi connectivity index (χ1n) is 5.63. The van der Waals surface area contributed by atoms with Crippen molar-refractivity contribution < 1.29 is 9.63 Å². The maximum absolute atomic E-state index is 11.5. The standard InChI is InChI=1S/C10H19N3O2/c1-15-11-10(14)13-7-6-12-5-3-2-4-9(12)8-13/h9H,2-8H2,1H3,(H,11,14)/t9-/m0/s1. The Labute approximate surface area is 90.3 Å². The summed E-state index contributed by atoms with van der Waals surface area (Å²) in [6.07, 6.45) is 3.82. The number of hydrogen-bond donors (Lipinski definition) is 1. The maximum Gasteiger partial charge on any atom is 0.341 e. The van der Waals surface area contributed by atoms with Gasteiger partial charge in [0.2, 0.25) is 0 Å². The van der Waals surface area contributed by atoms with Gasteiger partial charge in [-0.25, -0.2) is 10.3 Å². The van der Waals surface area contributed by atoms with Gasteiger partial charge in [0.1, 0.15) is 0 Å². The third-order valence-electron chi connectivity index (χ3n) is 3.31. The third kappa shape index (κ3) is 2.41. The van der Waals surface area contributed by atoms with Crippen molar-refractivity contribution in [2.45, 2.75) is 25.3 Å². The van der Waals surface area contributed by atoms with E-state index in [0.29, 0.717) is 6.04 Å². The first-order valence-corrected chi connectivity index (χ1v) is 5.63. The molecule has 0 spiro atoms. The zero-order valence-electron chi connectivity index (χ0n) is 9.24. The number of hydrogen-bond acceptors (Lipinski definition) is 3. The fourth-order valence-corrected chi connectivity index (χ4v) is 2.49. The predicted molar refractivity (Wildman–Crippen MR) is 56.3 cm³/mol. The van der Waals surface area contributed by atoms with Crippen molar-refractivity contribution in [3.05, 3.63) is 0 Å². The monoisotopic (exact) mass is 213 g/mol. The Bertz CT molecular complexity index is 235. The summed E-state index contributed by atoms with van der Waals surface area (Å²) in [5.74, 6) is 0. The number of nitrogens with one attached hydrogen (secondary N) is 1. The number of nitrogens with zero attached hydrogens (tertiary/aromatic N) is 2. The first-order chi connectivity index (χ1) is 7.31. The number of piperazine rings is 1. The van der Waals surface area contributed by atoms with E-state index in [0.717, 1.165) is 19.6 Å². The molecule has 2 aliphatic heterocycles. The molecule has 1 atom stereocenters. The van der Waals surface area contributed by atoms with E-state index in [9.17, 15) is 4.79 Å². The van der Waals surface area contributed by atoms with Crippen LogP contribution in [0.15, 0.2) is 0 Å². The van der Waals surface area contributed by atoms with Gasteiger partial charge in [0.05, 0.1) is 7.11 Å². The molecule has 2 saturated heterocycles. The van der Waals surface area contributed by atoms with E-state index in [1.165, 1.54) is 32.9 Å². The van der Waals surface area contributed by atoms with Crippen LogP contribution in [0.3, 0.4) is 0 Å². The molecule has 1 N–H and O–H groups in total. The van der Waals surface area contributed by atoms with E-state index in [4.69, 9.17) is 0 Å². The number of rotatable bonds is 1. The largest absolute Gasteiger partial charge is 0.341 e. The van der Waals surface area contributed by atoms with Crippen molar-refractivity contribution in [3.8, 4) is 0 Å². The van der Waals surface area contributed by atoms with Crippen LogP contribution >= 0.6 is 0 Å². The lowest BCUT2D eigenvalue weighted by Crippen LogP contribution is -2.57. The molecular formula is C10H19N3O2. The lowest BCUT2D eigenvalue weighted by atomic mass is 10.00. The lowest BCUT2D eigenvalue weighted by molar-refractivity contribution is 0.0408. The topological polar surface area (TPSA) is 44.8 Å². The molecule has 0 aromatic heterocycles. The van der Waals surface area contributed by atoms with Gasteiger partial charge in [-0.3, -0.25) is 9.74 Å². The minimum Gasteiger partial charge on any atom is -0.320 e. The molecule has 0 aromatic rings. The number of urea groups is 1. The molecule has 15 heavy (non-hydrogen) atoms. The molecule has 5 nitrogen and oxygen atoms in total. The van der Waals surface area contributed by atoms with Gasteiger partial charge in [-0.2, -0.15) is 0 Å². The van der Waals surface area contributed by atoms with E-state index in [1.807, 2.05) is 4.90 Å². The summed E-state index contributed by atoms with van der Waals surface area (Å²) < 4.78 is 0. The quantitative estimate of drug-likeness (QED) is 0.642. The molecule has 2 amide bonds. The normalized spacial score (nSPS) is 27.3. The molecule has 0 aliphatic carbocycles. The van der Waals surface area contributed by atoms with Crippen LogP contribution in [0.4, 0.5) is 4.79 Å². The molecule has 0 radical (unpaired) electrons. The molecule has 0 bridgehead atoms. The number of carbonyl (C=O) groups excluding carboxylic acids is 1. The third-order valence-corrected chi connectivity index (χ3v) is 3.31. The highest BCUT2D eigenvalue weighted by molar-refractivity contribution is 5.73. The summed E-state index contributed by atoms with van der Waals surface area (Å²) in [5.41, 5.74) is 2.38. The van der Waals surface area contributed by atoms with Gasteiger partial charge in [0.25, 0.3) is 0 Å². The number of hydroxylamine groups is 1. The minimum absolute atomic E-state index is 0.109. The second-order valence-electron chi connectivity index (χ2n) is 4.24. The number of fused-ring (bicyclic) bond motifs is 1. The highest BCUT2D eigenvalue weighted by Crippen LogP contribution is 2.20. The van der Waals surface area contributed by atoms with Crippen molar-refractivity contribution >= 4 is 6.03 Å². The number of carbonyl (C=O) groups is 1. The molecule has 0 unspecified atom stereocenters. The Balaban J connectivity index is 1.87. The summed E-state index contributed by atoms with van der Waals surface area (Å²) in [4.78, 5) is 20.5. The maximum atomic E-state index is 11.5. The summed E-state index contributed by atoms with van der Waals surface area (Å²) in [5, 5.41) is 0. The smallest absolute Gasteiger partial charge is 0.320 e. The van der Waals surface area contributed by atoms with Gasteiger partial charge in [-0.1, -0.05) is 6.42 Å². The molecule has 2 fully saturated rings. The van der Waals surface area contributed by atoms with Crippen LogP contribution in [0.25, 0.3) is 0 Å². The van der Waals surface area contributed by atoms with E-state index in [-0.39, 0.29) is 6.03 Å². The summed E-state index contributed by atoms with van der Waals surface area (Å²) in [6.45, 7) is 3.85. The Morgan fingerprint density at radius 1 is 1.33 bits per heavy atom. The molecule has 2 aliphatic rings. The molecule has 86 valence electrons. The van der Waals surface area contributed by atoms with Gasteiger partial charge in [-0.05, 0) is 19.4 Å². The van der Waals surface area contributed by atoms with Gasteiger partial charge in [-0.15, -0.1) is 0 Å². The van der Waals surface area contributed by atoms with Crippen molar-refractivity contribution in [2.24, 2.45) is 0 Å². The van der Waals surface area contributed by atoms with Crippen LogP contribution in [-0.4, -0.2) is 55.2 Å². The zero-order chi connectivity index (χ0) is 10.7. The van der Waals surface area contributed by atoms with Gasteiger partial charge in [0, 0.05) is 25.7 Å². The first kappa shape index (κ1) is 10.7. The summed E-state index contributed by atoms with van der Waals surface area (Å²) in [7, 11) is 1.47. The molecule has 2 rings (SSSR count). The van der Waals surface area contributed by atoms with E-state index >= 15 is 0 Å². The number of amides is 2. The second kappa shape index (κ2) is 4.81. The van der Waals surface area contributed by atoms with Gasteiger partial charge in [0.15, 0.2) is 0 Å². The fourth-order valence-electron chi connectivity index (χ4n) is 2.49. The van der Waals surface area contributed by atoms with Crippen LogP contribution in [-0.2, 0) is 4.84 Å². The summed E-state index contributed by atoms with van der Waals surface area (Å²) >= 11 is 0. The Hall–Kier alpha value is -0.810. The van der Waals surface area contributed by atoms with Crippen LogP contribution in [0.1, 0.15) is 19.3 Å². The van der Waals surface area contributed by atoms with E-state index < -0.39 is 0 Å². The fraction of sp³-hybridized carbons (Fsp3) is 0.900. The second-order valence-corrected chi connectivity index (χ2v) is 4.24. The van der Waals surface area contributed by atoms with Crippen molar-refractivity contribution in [1.82, 2.24) is 15.3 Å². The van der Waals surface area contributed by atoms with Crippen LogP contribution in [0, 0.1) is 0 Å². The highest BCUT2D eigenvalue weighted by atomic mass is 16.6. The van der Waals surface area contributed by atoms with Gasteiger partial charge < -0.3 is 4.90 Å². The van der Waals surface area contributed by atoms with Crippen LogP contribution < -0.4 is 5.48 Å². The Kier molecular flexibility index (Phi) is 3.43. The summed E-state index contributed by atoms with van der Waals surface area (Å²) in [6, 6.07) is 0.456. The lowest BCUT2D eigenvalue weighted by Gasteiger charge is -2.43. The molecular weight excluding hydrogens is 194 g/mol. The number of piperidine rings is 1. The zero-order valence-corrected chi connectivity index (χ0v) is 9.24. The highest BCUT2D eigenvalue weighted by Gasteiger charge is 2.30. The SMILES string of the molecule is CONC(=O)N1CCN2CCCC[C@H]2C1. The van der Waals surface area contributed by atoms with E-state index in [1.54, 1.807) is 0 Å². The average molecular weight is 213 g/mol. The van der Waals surface area contributed by atoms with Crippen LogP contribution in [0.2, 0.25) is 0 Å². The molecule has 5 heteroatoms. The molecule has 0 aromatic carbocycles. The Morgan fingerprint density at radius 2 is 2.20 bits per heavy atom.